The van der Waals surface area contributed by atoms with E-state index in [9.17, 15) is 14.4 Å². The summed E-state index contributed by atoms with van der Waals surface area (Å²) in [6.45, 7) is 20.6. The second kappa shape index (κ2) is 7.59. The topological polar surface area (TPSA) is 78.5 Å². The molecule has 6 heteroatoms. The van der Waals surface area contributed by atoms with Crippen LogP contribution in [0.25, 0.3) is 0 Å². The molecular weight excluding hydrogens is 366 g/mol. The first-order chi connectivity index (χ1) is 13.0. The van der Waals surface area contributed by atoms with E-state index in [1.165, 1.54) is 0 Å². The van der Waals surface area contributed by atoms with Crippen LogP contribution in [0.4, 0.5) is 4.79 Å². The highest BCUT2D eigenvalue weighted by Gasteiger charge is 2.69. The fraction of sp³-hybridized carbons (Fsp3) is 0.870. The van der Waals surface area contributed by atoms with Gasteiger partial charge in [0.2, 0.25) is 5.91 Å². The summed E-state index contributed by atoms with van der Waals surface area (Å²) in [5.41, 5.74) is -0.438. The van der Waals surface area contributed by atoms with E-state index in [0.717, 1.165) is 6.42 Å². The maximum atomic E-state index is 13.5. The number of urea groups is 1. The lowest BCUT2D eigenvalue weighted by atomic mass is 9.84. The van der Waals surface area contributed by atoms with Crippen LogP contribution in [0.15, 0.2) is 0 Å². The molecule has 0 aromatic carbocycles. The number of amides is 3. The van der Waals surface area contributed by atoms with Crippen LogP contribution in [0.2, 0.25) is 0 Å². The lowest BCUT2D eigenvalue weighted by Gasteiger charge is -2.38. The molecule has 2 N–H and O–H groups in total. The molecule has 0 spiro atoms. The monoisotopic (exact) mass is 407 g/mol. The molecule has 3 amide bonds. The normalized spacial score (nSPS) is 27.7. The Labute approximate surface area is 176 Å². The molecule has 1 saturated heterocycles. The smallest absolute Gasteiger partial charge is 0.315 e. The van der Waals surface area contributed by atoms with Gasteiger partial charge in [-0.15, -0.1) is 0 Å². The lowest BCUT2D eigenvalue weighted by Crippen LogP contribution is -2.60. The fourth-order valence-electron chi connectivity index (χ4n) is 5.06. The number of nitrogens with one attached hydrogen (secondary N) is 2. The Bertz CT molecular complexity index is 672. The second-order valence-electron chi connectivity index (χ2n) is 11.7. The number of likely N-dealkylation sites (tertiary alicyclic amines) is 1. The van der Waals surface area contributed by atoms with Crippen LogP contribution in [0, 0.1) is 28.1 Å². The van der Waals surface area contributed by atoms with Crippen LogP contribution < -0.4 is 10.6 Å². The second-order valence-corrected chi connectivity index (χ2v) is 11.7. The van der Waals surface area contributed by atoms with Gasteiger partial charge in [-0.2, -0.15) is 0 Å². The van der Waals surface area contributed by atoms with Crippen molar-refractivity contribution in [1.29, 1.82) is 0 Å². The molecule has 6 nitrogen and oxygen atoms in total. The largest absolute Gasteiger partial charge is 0.335 e. The van der Waals surface area contributed by atoms with Crippen molar-refractivity contribution in [3.63, 3.8) is 0 Å². The fourth-order valence-corrected chi connectivity index (χ4v) is 5.06. The van der Waals surface area contributed by atoms with E-state index in [-0.39, 0.29) is 46.6 Å². The highest BCUT2D eigenvalue weighted by Crippen LogP contribution is 2.65. The SMILES string of the molecule is CC[C@@H](NC(=O)N[C@H](C(=O)N1C[C@H]2[C@@H]([C@H]1C(C)=O)C2(C)C)C(C)(C)C)C(C)(C)C. The molecule has 0 bridgehead atoms. The molecule has 0 unspecified atom stereocenters. The number of fused-ring (bicyclic) bond motifs is 1. The van der Waals surface area contributed by atoms with Crippen molar-refractivity contribution in [3.8, 4) is 0 Å². The zero-order valence-corrected chi connectivity index (χ0v) is 20.0. The summed E-state index contributed by atoms with van der Waals surface area (Å²) in [7, 11) is 0. The first-order valence-electron chi connectivity index (χ1n) is 10.9. The average Bonchev–Trinajstić information content (AvgIpc) is 2.93. The third kappa shape index (κ3) is 4.61. The van der Waals surface area contributed by atoms with Gasteiger partial charge in [-0.1, -0.05) is 62.3 Å². The Kier molecular flexibility index (Phi) is 6.20. The van der Waals surface area contributed by atoms with Crippen LogP contribution in [-0.2, 0) is 9.59 Å². The number of carbonyl (C=O) groups is 3. The maximum Gasteiger partial charge on any atom is 0.315 e. The number of carbonyl (C=O) groups excluding carboxylic acids is 3. The third-order valence-corrected chi connectivity index (χ3v) is 7.06. The molecule has 1 heterocycles. The Morgan fingerprint density at radius 1 is 1.03 bits per heavy atom. The molecule has 1 aliphatic heterocycles. The van der Waals surface area contributed by atoms with Gasteiger partial charge in [0.05, 0.1) is 6.04 Å². The molecule has 166 valence electrons. The molecule has 2 rings (SSSR count). The number of piperidine rings is 1. The summed E-state index contributed by atoms with van der Waals surface area (Å²) >= 11 is 0. The minimum Gasteiger partial charge on any atom is -0.335 e. The summed E-state index contributed by atoms with van der Waals surface area (Å²) < 4.78 is 0. The lowest BCUT2D eigenvalue weighted by molar-refractivity contribution is -0.142. The van der Waals surface area contributed by atoms with Crippen LogP contribution in [0.3, 0.4) is 0 Å². The van der Waals surface area contributed by atoms with Crippen LogP contribution >= 0.6 is 0 Å². The zero-order valence-electron chi connectivity index (χ0n) is 20.0. The van der Waals surface area contributed by atoms with Gasteiger partial charge in [0.15, 0.2) is 5.78 Å². The maximum absolute atomic E-state index is 13.5. The Morgan fingerprint density at radius 3 is 2.00 bits per heavy atom. The Morgan fingerprint density at radius 2 is 1.59 bits per heavy atom. The van der Waals surface area contributed by atoms with Crippen LogP contribution in [-0.4, -0.2) is 47.3 Å². The van der Waals surface area contributed by atoms with Crippen molar-refractivity contribution in [2.45, 2.75) is 93.8 Å². The minimum atomic E-state index is -0.692. The molecule has 0 aromatic heterocycles. The van der Waals surface area contributed by atoms with Crippen molar-refractivity contribution >= 4 is 17.7 Å². The summed E-state index contributed by atoms with van der Waals surface area (Å²) in [6, 6.07) is -1.40. The highest BCUT2D eigenvalue weighted by molar-refractivity contribution is 5.93. The Balaban J connectivity index is 2.18. The molecule has 0 radical (unpaired) electrons. The van der Waals surface area contributed by atoms with Gasteiger partial charge in [-0.25, -0.2) is 4.79 Å². The third-order valence-electron chi connectivity index (χ3n) is 7.06. The Hall–Kier alpha value is -1.59. The van der Waals surface area contributed by atoms with E-state index in [0.29, 0.717) is 12.5 Å². The number of rotatable bonds is 5. The van der Waals surface area contributed by atoms with E-state index in [1.54, 1.807) is 11.8 Å². The molecule has 2 aliphatic rings. The predicted molar refractivity (Wildman–Crippen MR) is 115 cm³/mol. The molecule has 0 aromatic rings. The van der Waals surface area contributed by atoms with E-state index in [4.69, 9.17) is 0 Å². The summed E-state index contributed by atoms with van der Waals surface area (Å²) in [5, 5.41) is 5.96. The number of hydrogen-bond acceptors (Lipinski definition) is 3. The quantitative estimate of drug-likeness (QED) is 0.731. The van der Waals surface area contributed by atoms with Crippen molar-refractivity contribution in [2.75, 3.05) is 6.54 Å². The van der Waals surface area contributed by atoms with Gasteiger partial charge >= 0.3 is 6.03 Å². The number of hydrogen-bond donors (Lipinski definition) is 2. The predicted octanol–water partition coefficient (Wildman–Crippen LogP) is 3.60. The van der Waals surface area contributed by atoms with E-state index in [1.807, 2.05) is 27.7 Å². The molecular formula is C23H41N3O3. The first-order valence-corrected chi connectivity index (χ1v) is 10.9. The molecule has 29 heavy (non-hydrogen) atoms. The zero-order chi connectivity index (χ0) is 22.5. The minimum absolute atomic E-state index is 0.00317. The van der Waals surface area contributed by atoms with Gasteiger partial charge in [0, 0.05) is 12.6 Å². The summed E-state index contributed by atoms with van der Waals surface area (Å²) in [4.78, 5) is 40.4. The van der Waals surface area contributed by atoms with Crippen LogP contribution in [0.1, 0.15) is 75.7 Å². The first kappa shape index (κ1) is 23.7. The number of ketones is 1. The van der Waals surface area contributed by atoms with Crippen molar-refractivity contribution in [3.05, 3.63) is 0 Å². The van der Waals surface area contributed by atoms with Gasteiger partial charge in [-0.05, 0) is 41.4 Å². The summed E-state index contributed by atoms with van der Waals surface area (Å²) in [5.74, 6) is 0.468. The number of nitrogens with zero attached hydrogens (tertiary/aromatic N) is 1. The van der Waals surface area contributed by atoms with E-state index >= 15 is 0 Å². The van der Waals surface area contributed by atoms with Gasteiger partial charge in [0.25, 0.3) is 0 Å². The van der Waals surface area contributed by atoms with E-state index in [2.05, 4.69) is 45.3 Å². The average molecular weight is 408 g/mol. The molecule has 5 atom stereocenters. The molecule has 1 aliphatic carbocycles. The van der Waals surface area contributed by atoms with Gasteiger partial charge in [-0.3, -0.25) is 9.59 Å². The van der Waals surface area contributed by atoms with Crippen molar-refractivity contribution in [2.24, 2.45) is 28.1 Å². The number of Topliss-reactive ketones (excluding diaryl/α,β-unsaturated/α-hetero) is 1. The van der Waals surface area contributed by atoms with Gasteiger partial charge < -0.3 is 15.5 Å². The van der Waals surface area contributed by atoms with E-state index < -0.39 is 11.5 Å². The summed E-state index contributed by atoms with van der Waals surface area (Å²) in [6.07, 6.45) is 0.808. The van der Waals surface area contributed by atoms with Gasteiger partial charge in [0.1, 0.15) is 6.04 Å². The molecule has 1 saturated carbocycles. The van der Waals surface area contributed by atoms with Crippen molar-refractivity contribution < 1.29 is 14.4 Å². The van der Waals surface area contributed by atoms with Crippen molar-refractivity contribution in [1.82, 2.24) is 15.5 Å². The standard InChI is InChI=1S/C23H41N3O3/c1-11-15(21(3,4)5)24-20(29)25-18(22(6,7)8)19(28)26-12-14-16(23(14,9)10)17(26)13(2)27/h14-18H,11-12H2,1-10H3,(H2,24,25,29)/t14-,15+,16-,17+,18+/m0/s1. The molecule has 2 fully saturated rings. The highest BCUT2D eigenvalue weighted by atomic mass is 16.2. The van der Waals surface area contributed by atoms with Crippen LogP contribution in [0.5, 0.6) is 0 Å².